The number of hydrogen-bond acceptors (Lipinski definition) is 5. The van der Waals surface area contributed by atoms with Crippen LogP contribution in [0.3, 0.4) is 0 Å². The lowest BCUT2D eigenvalue weighted by atomic mass is 9.84. The molecule has 18 heavy (non-hydrogen) atoms. The topological polar surface area (TPSA) is 87.1 Å². The van der Waals surface area contributed by atoms with E-state index in [9.17, 15) is 9.90 Å². The molecular weight excluding hydrogens is 232 g/mol. The predicted molar refractivity (Wildman–Crippen MR) is 66.8 cm³/mol. The van der Waals surface area contributed by atoms with Crippen molar-refractivity contribution in [2.75, 3.05) is 25.0 Å². The largest absolute Gasteiger partial charge is 0.396 e. The predicted octanol–water partition coefficient (Wildman–Crippen LogP) is 0.0232. The van der Waals surface area contributed by atoms with Crippen LogP contribution in [0.1, 0.15) is 12.8 Å². The molecule has 0 radical (unpaired) electrons. The second-order valence-electron chi connectivity index (χ2n) is 4.46. The monoisotopic (exact) mass is 250 g/mol. The Labute approximate surface area is 106 Å². The van der Waals surface area contributed by atoms with E-state index in [4.69, 9.17) is 0 Å². The fourth-order valence-electron chi connectivity index (χ4n) is 2.28. The first-order valence-electron chi connectivity index (χ1n) is 6.19. The van der Waals surface area contributed by atoms with E-state index in [0.29, 0.717) is 5.82 Å². The summed E-state index contributed by atoms with van der Waals surface area (Å²) in [6.07, 6.45) is 6.40. The lowest BCUT2D eigenvalue weighted by Gasteiger charge is -2.28. The first-order valence-corrected chi connectivity index (χ1v) is 6.19. The highest BCUT2D eigenvalue weighted by Crippen LogP contribution is 2.22. The Kier molecular flexibility index (Phi) is 4.60. The zero-order chi connectivity index (χ0) is 12.8. The van der Waals surface area contributed by atoms with Crippen LogP contribution in [0.15, 0.2) is 18.6 Å². The highest BCUT2D eigenvalue weighted by Gasteiger charge is 2.29. The minimum Gasteiger partial charge on any atom is -0.396 e. The Morgan fingerprint density at radius 3 is 2.89 bits per heavy atom. The molecule has 1 aromatic rings. The fourth-order valence-corrected chi connectivity index (χ4v) is 2.28. The van der Waals surface area contributed by atoms with Crippen molar-refractivity contribution in [3.63, 3.8) is 0 Å². The average Bonchev–Trinajstić information content (AvgIpc) is 2.42. The average molecular weight is 250 g/mol. The molecule has 2 rings (SSSR count). The molecule has 1 aliphatic heterocycles. The van der Waals surface area contributed by atoms with Gasteiger partial charge in [0.25, 0.3) is 0 Å². The third-order valence-corrected chi connectivity index (χ3v) is 3.30. The van der Waals surface area contributed by atoms with Crippen LogP contribution < -0.4 is 10.6 Å². The number of piperidine rings is 1. The van der Waals surface area contributed by atoms with Gasteiger partial charge in [0.05, 0.1) is 18.7 Å². The molecule has 1 amide bonds. The molecule has 98 valence electrons. The van der Waals surface area contributed by atoms with E-state index in [1.54, 1.807) is 6.20 Å². The molecule has 1 atom stereocenters. The molecule has 1 fully saturated rings. The van der Waals surface area contributed by atoms with Crippen LogP contribution >= 0.6 is 0 Å². The van der Waals surface area contributed by atoms with Gasteiger partial charge in [0.15, 0.2) is 5.82 Å². The summed E-state index contributed by atoms with van der Waals surface area (Å²) in [7, 11) is 0. The second-order valence-corrected chi connectivity index (χ2v) is 4.46. The van der Waals surface area contributed by atoms with Gasteiger partial charge >= 0.3 is 0 Å². The highest BCUT2D eigenvalue weighted by atomic mass is 16.3. The molecule has 0 aromatic carbocycles. The molecule has 1 aliphatic rings. The Hall–Kier alpha value is -1.53. The van der Waals surface area contributed by atoms with Crippen LogP contribution in [-0.2, 0) is 4.79 Å². The van der Waals surface area contributed by atoms with Crippen molar-refractivity contribution >= 4 is 11.7 Å². The number of aromatic nitrogens is 2. The number of carbonyl (C=O) groups is 1. The quantitative estimate of drug-likeness (QED) is 0.701. The van der Waals surface area contributed by atoms with Gasteiger partial charge < -0.3 is 15.7 Å². The number of amides is 1. The Morgan fingerprint density at radius 1 is 1.50 bits per heavy atom. The van der Waals surface area contributed by atoms with Crippen LogP contribution in [-0.4, -0.2) is 40.7 Å². The highest BCUT2D eigenvalue weighted by molar-refractivity contribution is 5.91. The lowest BCUT2D eigenvalue weighted by molar-refractivity contribution is -0.123. The molecule has 2 heterocycles. The maximum Gasteiger partial charge on any atom is 0.231 e. The summed E-state index contributed by atoms with van der Waals surface area (Å²) >= 11 is 0. The number of nitrogens with one attached hydrogen (secondary N) is 2. The minimum atomic E-state index is -0.367. The molecular formula is C12H18N4O2. The molecule has 0 aliphatic carbocycles. The number of carbonyl (C=O) groups excluding carboxylic acids is 1. The zero-order valence-corrected chi connectivity index (χ0v) is 10.2. The zero-order valence-electron chi connectivity index (χ0n) is 10.2. The van der Waals surface area contributed by atoms with Crippen molar-refractivity contribution in [1.29, 1.82) is 0 Å². The third kappa shape index (κ3) is 3.24. The molecule has 6 nitrogen and oxygen atoms in total. The van der Waals surface area contributed by atoms with E-state index in [0.717, 1.165) is 25.9 Å². The molecule has 6 heteroatoms. The minimum absolute atomic E-state index is 0.128. The van der Waals surface area contributed by atoms with Crippen molar-refractivity contribution in [2.45, 2.75) is 12.8 Å². The van der Waals surface area contributed by atoms with E-state index in [2.05, 4.69) is 20.6 Å². The maximum absolute atomic E-state index is 12.1. The Morgan fingerprint density at radius 2 is 2.28 bits per heavy atom. The summed E-state index contributed by atoms with van der Waals surface area (Å²) < 4.78 is 0. The molecule has 1 saturated heterocycles. The summed E-state index contributed by atoms with van der Waals surface area (Å²) in [5, 5.41) is 15.4. The first kappa shape index (κ1) is 12.9. The molecule has 0 spiro atoms. The smallest absolute Gasteiger partial charge is 0.231 e. The second kappa shape index (κ2) is 6.42. The number of rotatable bonds is 4. The Balaban J connectivity index is 1.96. The SMILES string of the molecule is O=C(Nc1cnccn1)C(CO)C1CCNCC1. The summed E-state index contributed by atoms with van der Waals surface area (Å²) in [5.41, 5.74) is 0. The molecule has 1 unspecified atom stereocenters. The summed E-state index contributed by atoms with van der Waals surface area (Å²) in [6, 6.07) is 0. The fraction of sp³-hybridized carbons (Fsp3) is 0.583. The van der Waals surface area contributed by atoms with E-state index in [1.807, 2.05) is 0 Å². The summed E-state index contributed by atoms with van der Waals surface area (Å²) in [4.78, 5) is 20.0. The van der Waals surface area contributed by atoms with E-state index < -0.39 is 0 Å². The number of anilines is 1. The normalized spacial score (nSPS) is 18.3. The van der Waals surface area contributed by atoms with Crippen LogP contribution in [0, 0.1) is 11.8 Å². The number of hydrogen-bond donors (Lipinski definition) is 3. The standard InChI is InChI=1S/C12H18N4O2/c17-8-10(9-1-3-13-4-2-9)12(18)16-11-7-14-5-6-15-11/h5-7,9-10,13,17H,1-4,8H2,(H,15,16,18). The van der Waals surface area contributed by atoms with Gasteiger partial charge in [-0.3, -0.25) is 9.78 Å². The van der Waals surface area contributed by atoms with Crippen molar-refractivity contribution in [1.82, 2.24) is 15.3 Å². The van der Waals surface area contributed by atoms with Crippen molar-refractivity contribution < 1.29 is 9.90 Å². The van der Waals surface area contributed by atoms with E-state index in [-0.39, 0.29) is 24.3 Å². The maximum atomic E-state index is 12.1. The number of aliphatic hydroxyl groups excluding tert-OH is 1. The van der Waals surface area contributed by atoms with Gasteiger partial charge in [-0.25, -0.2) is 4.98 Å². The van der Waals surface area contributed by atoms with Crippen molar-refractivity contribution in [3.05, 3.63) is 18.6 Å². The molecule has 0 bridgehead atoms. The van der Waals surface area contributed by atoms with Crippen LogP contribution in [0.2, 0.25) is 0 Å². The van der Waals surface area contributed by atoms with Crippen molar-refractivity contribution in [2.24, 2.45) is 11.8 Å². The number of nitrogens with zero attached hydrogens (tertiary/aromatic N) is 2. The Bertz CT molecular complexity index is 379. The first-order chi connectivity index (χ1) is 8.81. The van der Waals surface area contributed by atoms with Gasteiger partial charge in [-0.05, 0) is 31.8 Å². The van der Waals surface area contributed by atoms with Crippen LogP contribution in [0.25, 0.3) is 0 Å². The lowest BCUT2D eigenvalue weighted by Crippen LogP contribution is -2.38. The van der Waals surface area contributed by atoms with Gasteiger partial charge in [-0.1, -0.05) is 0 Å². The van der Waals surface area contributed by atoms with Crippen LogP contribution in [0.4, 0.5) is 5.82 Å². The summed E-state index contributed by atoms with van der Waals surface area (Å²) in [6.45, 7) is 1.68. The third-order valence-electron chi connectivity index (χ3n) is 3.30. The molecule has 3 N–H and O–H groups in total. The molecule has 0 saturated carbocycles. The summed E-state index contributed by atoms with van der Waals surface area (Å²) in [5.74, 6) is 0.113. The van der Waals surface area contributed by atoms with Crippen LogP contribution in [0.5, 0.6) is 0 Å². The van der Waals surface area contributed by atoms with E-state index >= 15 is 0 Å². The van der Waals surface area contributed by atoms with Gasteiger partial charge in [-0.2, -0.15) is 0 Å². The van der Waals surface area contributed by atoms with Gasteiger partial charge in [0.2, 0.25) is 5.91 Å². The number of aliphatic hydroxyl groups is 1. The van der Waals surface area contributed by atoms with Gasteiger partial charge in [-0.15, -0.1) is 0 Å². The van der Waals surface area contributed by atoms with Gasteiger partial charge in [0.1, 0.15) is 0 Å². The van der Waals surface area contributed by atoms with Crippen molar-refractivity contribution in [3.8, 4) is 0 Å². The molecule has 1 aromatic heterocycles. The van der Waals surface area contributed by atoms with E-state index in [1.165, 1.54) is 12.4 Å². The van der Waals surface area contributed by atoms with Gasteiger partial charge in [0, 0.05) is 12.4 Å².